The lowest BCUT2D eigenvalue weighted by molar-refractivity contribution is 0.0525. The summed E-state index contributed by atoms with van der Waals surface area (Å²) in [6.45, 7) is 7.61. The van der Waals surface area contributed by atoms with Gasteiger partial charge in [-0.3, -0.25) is 0 Å². The maximum Gasteiger partial charge on any atom is 0.377 e. The Morgan fingerprint density at radius 1 is 0.647 bits per heavy atom. The summed E-state index contributed by atoms with van der Waals surface area (Å²) in [5.74, 6) is 0.705. The van der Waals surface area contributed by atoms with E-state index in [9.17, 15) is 0 Å². The summed E-state index contributed by atoms with van der Waals surface area (Å²) < 4.78 is 3.74. The smallest absolute Gasteiger partial charge is 0.377 e. The Hall–Kier alpha value is -2.58. The van der Waals surface area contributed by atoms with Gasteiger partial charge in [-0.25, -0.2) is 0 Å². The molecule has 1 nitrogen and oxygen atoms in total. The minimum atomic E-state index is -1.33. The molecule has 2 aliphatic rings. The second-order valence-electron chi connectivity index (χ2n) is 10.9. The minimum absolute atomic E-state index is 0.705. The molecular weight excluding hydrogens is 411 g/mol. The van der Waals surface area contributed by atoms with Crippen molar-refractivity contribution >= 4 is 22.7 Å². The van der Waals surface area contributed by atoms with Crippen LogP contribution in [0.15, 0.2) is 78.4 Å². The topological polar surface area (TPSA) is 2.70 Å². The number of aryl methyl sites for hydroxylation is 3. The molecule has 34 heavy (non-hydrogen) atoms. The number of rotatable bonds is 4. The molecule has 0 bridgehead atoms. The Labute approximate surface area is 206 Å². The standard InChI is InChI=1S/C32H39BO/c1-24-10-16-28(17-11-24)32-31(27-8-6-5-7-9-27)22-23-34(4)33(32,29-18-12-25(2)13-19-29)30-20-14-26(3)15-21-30/h10-21,27H,5-9,22-23H2,1-4H3. The third kappa shape index (κ3) is 4.07. The maximum atomic E-state index is 3.74. The molecule has 3 aromatic rings. The van der Waals surface area contributed by atoms with Crippen LogP contribution in [0.25, 0.3) is 5.47 Å². The molecule has 176 valence electrons. The molecule has 1 fully saturated rings. The average molecular weight is 450 g/mol. The van der Waals surface area contributed by atoms with Crippen molar-refractivity contribution < 1.29 is 4.28 Å². The van der Waals surface area contributed by atoms with Crippen LogP contribution < -0.4 is 10.9 Å². The van der Waals surface area contributed by atoms with Crippen LogP contribution in [0.1, 0.15) is 60.8 Å². The van der Waals surface area contributed by atoms with Gasteiger partial charge in [0, 0.05) is 6.42 Å². The third-order valence-corrected chi connectivity index (χ3v) is 8.60. The first kappa shape index (κ1) is 23.2. The summed E-state index contributed by atoms with van der Waals surface area (Å²) in [5.41, 5.74) is 11.5. The molecule has 0 saturated heterocycles. The van der Waals surface area contributed by atoms with Crippen LogP contribution in [0.4, 0.5) is 0 Å². The van der Waals surface area contributed by atoms with Crippen molar-refractivity contribution in [3.8, 4) is 0 Å². The van der Waals surface area contributed by atoms with Crippen molar-refractivity contribution in [2.45, 2.75) is 59.3 Å². The van der Waals surface area contributed by atoms with Gasteiger partial charge in [0.05, 0.1) is 7.11 Å². The molecule has 1 aliphatic heterocycles. The van der Waals surface area contributed by atoms with Crippen molar-refractivity contribution in [1.82, 2.24) is 0 Å². The molecule has 1 heterocycles. The summed E-state index contributed by atoms with van der Waals surface area (Å²) in [4.78, 5) is 0. The van der Waals surface area contributed by atoms with Gasteiger partial charge in [0.25, 0.3) is 0 Å². The zero-order valence-corrected chi connectivity index (χ0v) is 21.4. The molecule has 0 radical (unpaired) electrons. The molecule has 1 aliphatic carbocycles. The van der Waals surface area contributed by atoms with E-state index in [2.05, 4.69) is 105 Å². The van der Waals surface area contributed by atoms with E-state index in [1.54, 1.807) is 11.0 Å². The summed E-state index contributed by atoms with van der Waals surface area (Å²) in [7, 11) is 2.28. The second-order valence-corrected chi connectivity index (χ2v) is 10.9. The van der Waals surface area contributed by atoms with E-state index in [1.807, 2.05) is 0 Å². The van der Waals surface area contributed by atoms with Crippen molar-refractivity contribution in [3.05, 3.63) is 101 Å². The lowest BCUT2D eigenvalue weighted by Gasteiger charge is -2.53. The van der Waals surface area contributed by atoms with Gasteiger partial charge in [-0.15, -0.1) is 16.4 Å². The van der Waals surface area contributed by atoms with Crippen LogP contribution in [-0.4, -0.2) is 20.1 Å². The molecule has 0 aromatic heterocycles. The van der Waals surface area contributed by atoms with Crippen LogP contribution in [0.5, 0.6) is 0 Å². The summed E-state index contributed by atoms with van der Waals surface area (Å²) in [6.07, 6.45) is 6.63. The molecular formula is C32H39BO. The highest BCUT2D eigenvalue weighted by Gasteiger charge is 2.49. The first-order valence-corrected chi connectivity index (χ1v) is 13.2. The van der Waals surface area contributed by atoms with E-state index in [-0.39, 0.29) is 0 Å². The summed E-state index contributed by atoms with van der Waals surface area (Å²) in [6, 6.07) is 28.1. The van der Waals surface area contributed by atoms with Crippen LogP contribution >= 0.6 is 0 Å². The fraction of sp³-hybridized carbons (Fsp3) is 0.375. The first-order valence-electron chi connectivity index (χ1n) is 13.2. The van der Waals surface area contributed by atoms with E-state index in [0.717, 1.165) is 13.0 Å². The van der Waals surface area contributed by atoms with Crippen LogP contribution in [0.2, 0.25) is 0 Å². The maximum absolute atomic E-state index is 3.74. The summed E-state index contributed by atoms with van der Waals surface area (Å²) in [5, 5.41) is 0. The van der Waals surface area contributed by atoms with E-state index in [1.165, 1.54) is 65.3 Å². The highest BCUT2D eigenvalue weighted by Crippen LogP contribution is 2.44. The van der Waals surface area contributed by atoms with Gasteiger partial charge in [0.2, 0.25) is 0 Å². The number of hydrogen-bond donors (Lipinski definition) is 0. The lowest BCUT2D eigenvalue weighted by Crippen LogP contribution is -2.68. The fourth-order valence-electron chi connectivity index (χ4n) is 6.74. The SMILES string of the molecule is Cc1ccc(C2=C(C3CCCCC3)CC[O+](C)[B-]2(c2ccc(C)cc2)c2ccc(C)cc2)cc1. The van der Waals surface area contributed by atoms with Gasteiger partial charge >= 0.3 is 6.35 Å². The van der Waals surface area contributed by atoms with E-state index in [4.69, 9.17) is 0 Å². The Morgan fingerprint density at radius 2 is 1.12 bits per heavy atom. The van der Waals surface area contributed by atoms with Crippen molar-refractivity contribution in [2.24, 2.45) is 5.92 Å². The highest BCUT2D eigenvalue weighted by atomic mass is 16.6. The molecule has 0 amide bonds. The van der Waals surface area contributed by atoms with Crippen LogP contribution in [-0.2, 0) is 4.28 Å². The van der Waals surface area contributed by atoms with Crippen LogP contribution in [0.3, 0.4) is 0 Å². The average Bonchev–Trinajstić information content (AvgIpc) is 2.86. The zero-order chi connectivity index (χ0) is 23.7. The highest BCUT2D eigenvalue weighted by molar-refractivity contribution is 7.11. The van der Waals surface area contributed by atoms with Gasteiger partial charge in [-0.1, -0.05) is 120 Å². The van der Waals surface area contributed by atoms with Gasteiger partial charge in [0.1, 0.15) is 6.61 Å². The van der Waals surface area contributed by atoms with Crippen molar-refractivity contribution in [2.75, 3.05) is 13.7 Å². The Bertz CT molecular complexity index is 1100. The fourth-order valence-corrected chi connectivity index (χ4v) is 6.74. The normalized spacial score (nSPS) is 19.4. The van der Waals surface area contributed by atoms with Crippen molar-refractivity contribution in [3.63, 3.8) is 0 Å². The van der Waals surface area contributed by atoms with Crippen LogP contribution in [0, 0.1) is 26.7 Å². The molecule has 1 saturated carbocycles. The quantitative estimate of drug-likeness (QED) is 0.303. The Morgan fingerprint density at radius 3 is 1.62 bits per heavy atom. The van der Waals surface area contributed by atoms with Crippen molar-refractivity contribution in [1.29, 1.82) is 0 Å². The largest absolute Gasteiger partial charge is 0.662 e. The predicted molar refractivity (Wildman–Crippen MR) is 149 cm³/mol. The Kier molecular flexibility index (Phi) is 6.53. The molecule has 0 atom stereocenters. The van der Waals surface area contributed by atoms with Gasteiger partial charge < -0.3 is 4.28 Å². The third-order valence-electron chi connectivity index (χ3n) is 8.60. The minimum Gasteiger partial charge on any atom is -0.662 e. The first-order chi connectivity index (χ1) is 16.5. The zero-order valence-electron chi connectivity index (χ0n) is 21.4. The van der Waals surface area contributed by atoms with Gasteiger partial charge in [0.15, 0.2) is 0 Å². The number of benzene rings is 3. The molecule has 0 unspecified atom stereocenters. The molecule has 0 N–H and O–H groups in total. The van der Waals surface area contributed by atoms with E-state index in [0.29, 0.717) is 5.92 Å². The molecule has 3 aromatic carbocycles. The van der Waals surface area contributed by atoms with E-state index >= 15 is 0 Å². The Balaban J connectivity index is 1.86. The lowest BCUT2D eigenvalue weighted by atomic mass is 9.25. The molecule has 2 heteroatoms. The monoisotopic (exact) mass is 450 g/mol. The van der Waals surface area contributed by atoms with Gasteiger partial charge in [-0.05, 0) is 39.5 Å². The predicted octanol–water partition coefficient (Wildman–Crippen LogP) is 6.83. The number of hydrogen-bond acceptors (Lipinski definition) is 0. The van der Waals surface area contributed by atoms with E-state index < -0.39 is 6.35 Å². The molecule has 0 spiro atoms. The second kappa shape index (κ2) is 9.58. The molecule has 5 rings (SSSR count). The van der Waals surface area contributed by atoms with Gasteiger partial charge in [-0.2, -0.15) is 0 Å². The summed E-state index contributed by atoms with van der Waals surface area (Å²) >= 11 is 0.